The predicted molar refractivity (Wildman–Crippen MR) is 73.6 cm³/mol. The average Bonchev–Trinajstić information content (AvgIpc) is 2.94. The van der Waals surface area contributed by atoms with E-state index in [9.17, 15) is 4.79 Å². The van der Waals surface area contributed by atoms with Crippen molar-refractivity contribution in [3.8, 4) is 0 Å². The van der Waals surface area contributed by atoms with E-state index in [-0.39, 0.29) is 18.3 Å². The second-order valence-electron chi connectivity index (χ2n) is 5.42. The zero-order chi connectivity index (χ0) is 12.7. The van der Waals surface area contributed by atoms with Crippen LogP contribution in [0.15, 0.2) is 4.52 Å². The summed E-state index contributed by atoms with van der Waals surface area (Å²) in [6.07, 6.45) is 1.10. The number of carbonyl (C=O) groups is 1. The van der Waals surface area contributed by atoms with Crippen LogP contribution in [0.4, 0.5) is 0 Å². The summed E-state index contributed by atoms with van der Waals surface area (Å²) in [5.41, 5.74) is 1.35. The largest absolute Gasteiger partial charge is 0.361 e. The zero-order valence-electron chi connectivity index (χ0n) is 11.3. The van der Waals surface area contributed by atoms with E-state index in [1.807, 2.05) is 11.8 Å². The first-order valence-corrected chi connectivity index (χ1v) is 6.59. The normalized spacial score (nSPS) is 25.9. The van der Waals surface area contributed by atoms with Crippen LogP contribution in [-0.4, -0.2) is 42.1 Å². The number of aromatic nitrogens is 1. The van der Waals surface area contributed by atoms with Crippen LogP contribution in [0, 0.1) is 25.7 Å². The summed E-state index contributed by atoms with van der Waals surface area (Å²) in [5.74, 6) is 2.07. The van der Waals surface area contributed by atoms with Gasteiger partial charge >= 0.3 is 0 Å². The summed E-state index contributed by atoms with van der Waals surface area (Å²) < 4.78 is 5.08. The average molecular weight is 286 g/mol. The van der Waals surface area contributed by atoms with Crippen molar-refractivity contribution < 1.29 is 9.32 Å². The highest BCUT2D eigenvalue weighted by Crippen LogP contribution is 2.28. The topological polar surface area (TPSA) is 58.4 Å². The summed E-state index contributed by atoms with van der Waals surface area (Å²) in [4.78, 5) is 14.5. The number of likely N-dealkylation sites (tertiary alicyclic amines) is 1. The van der Waals surface area contributed by atoms with Crippen LogP contribution >= 0.6 is 12.4 Å². The molecule has 0 aliphatic carbocycles. The van der Waals surface area contributed by atoms with Gasteiger partial charge in [0, 0.05) is 13.1 Å². The van der Waals surface area contributed by atoms with E-state index >= 15 is 0 Å². The third kappa shape index (κ3) is 2.49. The third-order valence-electron chi connectivity index (χ3n) is 4.24. The van der Waals surface area contributed by atoms with Crippen molar-refractivity contribution in [1.82, 2.24) is 15.4 Å². The second-order valence-corrected chi connectivity index (χ2v) is 5.42. The molecule has 0 bridgehead atoms. The molecule has 2 aliphatic rings. The summed E-state index contributed by atoms with van der Waals surface area (Å²) in [5, 5.41) is 7.28. The molecule has 1 N–H and O–H groups in total. The minimum Gasteiger partial charge on any atom is -0.361 e. The molecule has 2 aliphatic heterocycles. The van der Waals surface area contributed by atoms with Crippen molar-refractivity contribution in [1.29, 1.82) is 0 Å². The van der Waals surface area contributed by atoms with Crippen LogP contribution in [0.25, 0.3) is 0 Å². The molecule has 0 saturated carbocycles. The number of hydrogen-bond acceptors (Lipinski definition) is 4. The quantitative estimate of drug-likeness (QED) is 0.847. The van der Waals surface area contributed by atoms with Crippen LogP contribution in [0.3, 0.4) is 0 Å². The van der Waals surface area contributed by atoms with Crippen molar-refractivity contribution in [3.05, 3.63) is 17.0 Å². The number of piperidine rings is 1. The summed E-state index contributed by atoms with van der Waals surface area (Å²) >= 11 is 0. The lowest BCUT2D eigenvalue weighted by molar-refractivity contribution is 0.0640. The molecule has 3 heterocycles. The molecule has 5 nitrogen and oxygen atoms in total. The fourth-order valence-electron chi connectivity index (χ4n) is 3.17. The van der Waals surface area contributed by atoms with E-state index in [2.05, 4.69) is 10.5 Å². The van der Waals surface area contributed by atoms with E-state index in [0.717, 1.165) is 38.5 Å². The first kappa shape index (κ1) is 14.3. The van der Waals surface area contributed by atoms with Crippen LogP contribution in [0.5, 0.6) is 0 Å². The van der Waals surface area contributed by atoms with Gasteiger partial charge in [-0.25, -0.2) is 0 Å². The highest BCUT2D eigenvalue weighted by Gasteiger charge is 2.35. The number of aryl methyl sites for hydroxylation is 2. The molecular formula is C13H20ClN3O2. The van der Waals surface area contributed by atoms with Gasteiger partial charge < -0.3 is 14.7 Å². The Morgan fingerprint density at radius 3 is 2.79 bits per heavy atom. The molecule has 0 aromatic carbocycles. The Labute approximate surface area is 119 Å². The fourth-order valence-corrected chi connectivity index (χ4v) is 3.17. The van der Waals surface area contributed by atoms with Crippen molar-refractivity contribution in [2.45, 2.75) is 20.3 Å². The van der Waals surface area contributed by atoms with E-state index in [1.54, 1.807) is 6.92 Å². The Balaban J connectivity index is 0.00000133. The molecule has 2 saturated heterocycles. The van der Waals surface area contributed by atoms with E-state index in [0.29, 0.717) is 22.9 Å². The van der Waals surface area contributed by atoms with Crippen molar-refractivity contribution in [3.63, 3.8) is 0 Å². The van der Waals surface area contributed by atoms with Crippen LogP contribution in [-0.2, 0) is 0 Å². The van der Waals surface area contributed by atoms with Gasteiger partial charge in [-0.15, -0.1) is 12.4 Å². The van der Waals surface area contributed by atoms with Crippen LogP contribution in [0.2, 0.25) is 0 Å². The van der Waals surface area contributed by atoms with Gasteiger partial charge in [0.25, 0.3) is 5.91 Å². The molecular weight excluding hydrogens is 266 g/mol. The lowest BCUT2D eigenvalue weighted by Crippen LogP contribution is -2.43. The Bertz CT molecular complexity index is 455. The summed E-state index contributed by atoms with van der Waals surface area (Å²) in [6.45, 7) is 7.49. The van der Waals surface area contributed by atoms with Crippen LogP contribution in [0.1, 0.15) is 28.2 Å². The highest BCUT2D eigenvalue weighted by atomic mass is 35.5. The SMILES string of the molecule is Cc1noc(C)c1C(=O)N1CCC2CNCC2C1.Cl. The first-order valence-electron chi connectivity index (χ1n) is 6.59. The van der Waals surface area contributed by atoms with E-state index in [4.69, 9.17) is 4.52 Å². The number of halogens is 1. The predicted octanol–water partition coefficient (Wildman–Crippen LogP) is 1.39. The summed E-state index contributed by atoms with van der Waals surface area (Å²) in [7, 11) is 0. The number of hydrogen-bond donors (Lipinski definition) is 1. The summed E-state index contributed by atoms with van der Waals surface area (Å²) in [6, 6.07) is 0. The molecule has 2 atom stereocenters. The molecule has 2 unspecified atom stereocenters. The van der Waals surface area contributed by atoms with Gasteiger partial charge in [0.15, 0.2) is 0 Å². The van der Waals surface area contributed by atoms with Gasteiger partial charge in [-0.05, 0) is 45.2 Å². The first-order chi connectivity index (χ1) is 8.66. The number of nitrogens with zero attached hydrogens (tertiary/aromatic N) is 2. The van der Waals surface area contributed by atoms with Gasteiger partial charge in [-0.3, -0.25) is 4.79 Å². The maximum Gasteiger partial charge on any atom is 0.259 e. The molecule has 3 rings (SSSR count). The lowest BCUT2D eigenvalue weighted by atomic mass is 9.88. The smallest absolute Gasteiger partial charge is 0.259 e. The third-order valence-corrected chi connectivity index (χ3v) is 4.24. The molecule has 0 radical (unpaired) electrons. The van der Waals surface area contributed by atoms with Gasteiger partial charge in [-0.1, -0.05) is 5.16 Å². The Hall–Kier alpha value is -1.07. The molecule has 19 heavy (non-hydrogen) atoms. The Morgan fingerprint density at radius 1 is 1.37 bits per heavy atom. The molecule has 6 heteroatoms. The Kier molecular flexibility index (Phi) is 4.16. The minimum atomic E-state index is 0. The van der Waals surface area contributed by atoms with E-state index < -0.39 is 0 Å². The second kappa shape index (κ2) is 5.51. The molecule has 2 fully saturated rings. The number of amides is 1. The van der Waals surface area contributed by atoms with Crippen molar-refractivity contribution in [2.75, 3.05) is 26.2 Å². The van der Waals surface area contributed by atoms with Crippen LogP contribution < -0.4 is 5.32 Å². The monoisotopic (exact) mass is 285 g/mol. The van der Waals surface area contributed by atoms with Crippen molar-refractivity contribution in [2.24, 2.45) is 11.8 Å². The molecule has 1 amide bonds. The van der Waals surface area contributed by atoms with Gasteiger partial charge in [0.2, 0.25) is 0 Å². The standard InChI is InChI=1S/C13H19N3O2.ClH/c1-8-12(9(2)18-15-8)13(17)16-4-3-10-5-14-6-11(10)7-16;/h10-11,14H,3-7H2,1-2H3;1H. The lowest BCUT2D eigenvalue weighted by Gasteiger charge is -2.34. The van der Waals surface area contributed by atoms with Gasteiger partial charge in [-0.2, -0.15) is 0 Å². The molecule has 0 spiro atoms. The number of carbonyl (C=O) groups excluding carboxylic acids is 1. The Morgan fingerprint density at radius 2 is 2.11 bits per heavy atom. The fraction of sp³-hybridized carbons (Fsp3) is 0.692. The number of fused-ring (bicyclic) bond motifs is 1. The number of nitrogens with one attached hydrogen (secondary N) is 1. The zero-order valence-corrected chi connectivity index (χ0v) is 12.1. The van der Waals surface area contributed by atoms with E-state index in [1.165, 1.54) is 0 Å². The maximum absolute atomic E-state index is 12.5. The maximum atomic E-state index is 12.5. The highest BCUT2D eigenvalue weighted by molar-refractivity contribution is 5.96. The van der Waals surface area contributed by atoms with Crippen molar-refractivity contribution >= 4 is 18.3 Å². The molecule has 1 aromatic rings. The van der Waals surface area contributed by atoms with Gasteiger partial charge in [0.05, 0.1) is 5.69 Å². The molecule has 1 aromatic heterocycles. The van der Waals surface area contributed by atoms with Gasteiger partial charge in [0.1, 0.15) is 11.3 Å². The number of rotatable bonds is 1. The molecule has 106 valence electrons. The minimum absolute atomic E-state index is 0.